The predicted molar refractivity (Wildman–Crippen MR) is 138 cm³/mol. The fourth-order valence-electron chi connectivity index (χ4n) is 4.71. The molecule has 2 aromatic heterocycles. The molecule has 8 heteroatoms. The topological polar surface area (TPSA) is 72.1 Å². The lowest BCUT2D eigenvalue weighted by Gasteiger charge is -2.34. The van der Waals surface area contributed by atoms with Crippen LogP contribution in [0.2, 0.25) is 0 Å². The molecule has 0 aliphatic carbocycles. The van der Waals surface area contributed by atoms with Crippen LogP contribution in [0.4, 0.5) is 0 Å². The summed E-state index contributed by atoms with van der Waals surface area (Å²) in [6, 6.07) is 28.4. The van der Waals surface area contributed by atoms with Crippen molar-refractivity contribution in [2.75, 3.05) is 26.2 Å². The standard InChI is InChI=1S/C28H27N7O/c36-28(25-19-29-35(31-25)23-11-5-2-6-12-23)33-17-15-32(16-18-33)21-27-30-24-13-7-8-14-26(24)34(27)20-22-9-3-1-4-10-22/h1-14,19H,15-18,20-21H2. The van der Waals surface area contributed by atoms with Gasteiger partial charge in [-0.15, -0.1) is 5.10 Å². The largest absolute Gasteiger partial charge is 0.335 e. The van der Waals surface area contributed by atoms with Gasteiger partial charge in [-0.25, -0.2) is 4.98 Å². The summed E-state index contributed by atoms with van der Waals surface area (Å²) in [4.78, 5) is 23.7. The third-order valence-electron chi connectivity index (χ3n) is 6.64. The number of para-hydroxylation sites is 3. The van der Waals surface area contributed by atoms with E-state index < -0.39 is 0 Å². The van der Waals surface area contributed by atoms with Crippen LogP contribution in [0.15, 0.2) is 91.1 Å². The third kappa shape index (κ3) is 4.50. The molecular weight excluding hydrogens is 450 g/mol. The number of rotatable bonds is 6. The molecule has 3 heterocycles. The van der Waals surface area contributed by atoms with E-state index in [1.54, 1.807) is 6.20 Å². The lowest BCUT2D eigenvalue weighted by Crippen LogP contribution is -2.48. The van der Waals surface area contributed by atoms with Crippen LogP contribution >= 0.6 is 0 Å². The van der Waals surface area contributed by atoms with Gasteiger partial charge in [0.25, 0.3) is 5.91 Å². The van der Waals surface area contributed by atoms with Crippen molar-refractivity contribution in [3.63, 3.8) is 0 Å². The quantitative estimate of drug-likeness (QED) is 0.374. The molecule has 8 nitrogen and oxygen atoms in total. The zero-order chi connectivity index (χ0) is 24.3. The molecule has 0 unspecified atom stereocenters. The van der Waals surface area contributed by atoms with Crippen molar-refractivity contribution in [1.82, 2.24) is 34.3 Å². The molecule has 3 aromatic carbocycles. The van der Waals surface area contributed by atoms with Crippen molar-refractivity contribution < 1.29 is 4.79 Å². The highest BCUT2D eigenvalue weighted by Gasteiger charge is 2.25. The highest BCUT2D eigenvalue weighted by atomic mass is 16.2. The van der Waals surface area contributed by atoms with E-state index >= 15 is 0 Å². The summed E-state index contributed by atoms with van der Waals surface area (Å²) in [6.45, 7) is 4.39. The highest BCUT2D eigenvalue weighted by molar-refractivity contribution is 5.92. The number of hydrogen-bond donors (Lipinski definition) is 0. The predicted octanol–water partition coefficient (Wildman–Crippen LogP) is 3.62. The van der Waals surface area contributed by atoms with Crippen LogP contribution < -0.4 is 0 Å². The van der Waals surface area contributed by atoms with Crippen LogP contribution in [0.1, 0.15) is 21.9 Å². The van der Waals surface area contributed by atoms with Crippen molar-refractivity contribution >= 4 is 16.9 Å². The molecule has 0 N–H and O–H groups in total. The maximum Gasteiger partial charge on any atom is 0.276 e. The van der Waals surface area contributed by atoms with E-state index in [4.69, 9.17) is 4.98 Å². The normalized spacial score (nSPS) is 14.4. The van der Waals surface area contributed by atoms with Crippen molar-refractivity contribution in [3.05, 3.63) is 108 Å². The molecule has 0 saturated carbocycles. The first-order valence-corrected chi connectivity index (χ1v) is 12.2. The molecule has 180 valence electrons. The van der Waals surface area contributed by atoms with Gasteiger partial charge in [0.05, 0.1) is 29.5 Å². The molecule has 0 spiro atoms. The van der Waals surface area contributed by atoms with E-state index in [-0.39, 0.29) is 5.91 Å². The zero-order valence-corrected chi connectivity index (χ0v) is 19.9. The van der Waals surface area contributed by atoms with E-state index in [0.717, 1.165) is 48.7 Å². The van der Waals surface area contributed by atoms with Crippen LogP contribution in [0.25, 0.3) is 16.7 Å². The number of aromatic nitrogens is 5. The lowest BCUT2D eigenvalue weighted by molar-refractivity contribution is 0.0618. The van der Waals surface area contributed by atoms with Gasteiger partial charge in [0.2, 0.25) is 0 Å². The highest BCUT2D eigenvalue weighted by Crippen LogP contribution is 2.20. The molecule has 1 aliphatic rings. The average Bonchev–Trinajstić information content (AvgIpc) is 3.56. The van der Waals surface area contributed by atoms with Gasteiger partial charge < -0.3 is 9.47 Å². The molecule has 0 atom stereocenters. The lowest BCUT2D eigenvalue weighted by atomic mass is 10.2. The Balaban J connectivity index is 1.13. The molecule has 36 heavy (non-hydrogen) atoms. The van der Waals surface area contributed by atoms with E-state index in [2.05, 4.69) is 62.1 Å². The molecule has 1 amide bonds. The van der Waals surface area contributed by atoms with E-state index in [1.807, 2.05) is 47.4 Å². The Morgan fingerprint density at radius 1 is 0.778 bits per heavy atom. The van der Waals surface area contributed by atoms with Crippen LogP contribution in [0.5, 0.6) is 0 Å². The van der Waals surface area contributed by atoms with Crippen molar-refractivity contribution in [2.45, 2.75) is 13.1 Å². The molecule has 0 bridgehead atoms. The minimum Gasteiger partial charge on any atom is -0.335 e. The number of benzene rings is 3. The monoisotopic (exact) mass is 477 g/mol. The Morgan fingerprint density at radius 2 is 1.47 bits per heavy atom. The van der Waals surface area contributed by atoms with Crippen LogP contribution in [-0.4, -0.2) is 66.4 Å². The van der Waals surface area contributed by atoms with Gasteiger partial charge in [0, 0.05) is 32.7 Å². The van der Waals surface area contributed by atoms with Gasteiger partial charge in [-0.3, -0.25) is 9.69 Å². The van der Waals surface area contributed by atoms with Crippen molar-refractivity contribution in [1.29, 1.82) is 0 Å². The molecule has 1 fully saturated rings. The molecule has 5 aromatic rings. The number of fused-ring (bicyclic) bond motifs is 1. The fourth-order valence-corrected chi connectivity index (χ4v) is 4.71. The second kappa shape index (κ2) is 9.75. The third-order valence-corrected chi connectivity index (χ3v) is 6.64. The summed E-state index contributed by atoms with van der Waals surface area (Å²) >= 11 is 0. The van der Waals surface area contributed by atoms with Gasteiger partial charge in [0.1, 0.15) is 5.82 Å². The van der Waals surface area contributed by atoms with E-state index in [9.17, 15) is 4.79 Å². The smallest absolute Gasteiger partial charge is 0.276 e. The van der Waals surface area contributed by atoms with Gasteiger partial charge in [-0.1, -0.05) is 60.7 Å². The van der Waals surface area contributed by atoms with E-state index in [0.29, 0.717) is 18.8 Å². The van der Waals surface area contributed by atoms with Crippen LogP contribution in [-0.2, 0) is 13.1 Å². The van der Waals surface area contributed by atoms with Gasteiger partial charge in [-0.2, -0.15) is 9.90 Å². The maximum atomic E-state index is 13.1. The summed E-state index contributed by atoms with van der Waals surface area (Å²) in [6.07, 6.45) is 1.55. The Labute approximate surface area is 209 Å². The Bertz CT molecular complexity index is 1470. The number of nitrogens with zero attached hydrogens (tertiary/aromatic N) is 7. The summed E-state index contributed by atoms with van der Waals surface area (Å²) in [5, 5.41) is 8.68. The molecule has 0 radical (unpaired) electrons. The SMILES string of the molecule is O=C(c1cnn(-c2ccccc2)n1)N1CCN(Cc2nc3ccccc3n2Cc2ccccc2)CC1. The molecule has 1 aliphatic heterocycles. The first-order valence-electron chi connectivity index (χ1n) is 12.2. The molecule has 6 rings (SSSR count). The Kier molecular flexibility index (Phi) is 6.01. The molecule has 1 saturated heterocycles. The summed E-state index contributed by atoms with van der Waals surface area (Å²) < 4.78 is 2.31. The number of imidazole rings is 1. The van der Waals surface area contributed by atoms with Gasteiger partial charge >= 0.3 is 0 Å². The molecular formula is C28H27N7O. The van der Waals surface area contributed by atoms with Crippen molar-refractivity contribution in [2.24, 2.45) is 0 Å². The number of carbonyl (C=O) groups excluding carboxylic acids is 1. The van der Waals surface area contributed by atoms with E-state index in [1.165, 1.54) is 10.4 Å². The number of carbonyl (C=O) groups is 1. The summed E-state index contributed by atoms with van der Waals surface area (Å²) in [5.41, 5.74) is 4.61. The van der Waals surface area contributed by atoms with Crippen molar-refractivity contribution in [3.8, 4) is 5.69 Å². The minimum absolute atomic E-state index is 0.0758. The zero-order valence-electron chi connectivity index (χ0n) is 19.9. The van der Waals surface area contributed by atoms with Gasteiger partial charge in [-0.05, 0) is 29.8 Å². The first kappa shape index (κ1) is 22.2. The Morgan fingerprint density at radius 3 is 2.25 bits per heavy atom. The second-order valence-electron chi connectivity index (χ2n) is 9.01. The Hall–Kier alpha value is -4.30. The van der Waals surface area contributed by atoms with Gasteiger partial charge in [0.15, 0.2) is 5.69 Å². The maximum absolute atomic E-state index is 13.1. The minimum atomic E-state index is -0.0758. The average molecular weight is 478 g/mol. The summed E-state index contributed by atoms with van der Waals surface area (Å²) in [5.74, 6) is 0.971. The van der Waals surface area contributed by atoms with Crippen LogP contribution in [0, 0.1) is 0 Å². The number of hydrogen-bond acceptors (Lipinski definition) is 5. The fraction of sp³-hybridized carbons (Fsp3) is 0.214. The number of piperazine rings is 1. The summed E-state index contributed by atoms with van der Waals surface area (Å²) in [7, 11) is 0. The second-order valence-corrected chi connectivity index (χ2v) is 9.01. The first-order chi connectivity index (χ1) is 17.7. The van der Waals surface area contributed by atoms with Crippen LogP contribution in [0.3, 0.4) is 0 Å². The number of amides is 1.